The minimum Gasteiger partial charge on any atom is -0.349 e. The Labute approximate surface area is 147 Å². The summed E-state index contributed by atoms with van der Waals surface area (Å²) in [4.78, 5) is 25.5. The Morgan fingerprint density at radius 3 is 2.72 bits per heavy atom. The Morgan fingerprint density at radius 1 is 1.24 bits per heavy atom. The van der Waals surface area contributed by atoms with Gasteiger partial charge in [0.05, 0.1) is 6.42 Å². The van der Waals surface area contributed by atoms with Crippen molar-refractivity contribution < 1.29 is 9.59 Å². The van der Waals surface area contributed by atoms with Gasteiger partial charge >= 0.3 is 6.03 Å². The molecule has 1 aromatic carbocycles. The van der Waals surface area contributed by atoms with Crippen molar-refractivity contribution in [3.8, 4) is 0 Å². The summed E-state index contributed by atoms with van der Waals surface area (Å²) in [7, 11) is 3.42. The second-order valence-corrected chi connectivity index (χ2v) is 5.79. The number of rotatable bonds is 7. The lowest BCUT2D eigenvalue weighted by atomic mass is 10.1. The Kier molecular flexibility index (Phi) is 6.50. The van der Waals surface area contributed by atoms with Crippen molar-refractivity contribution in [3.63, 3.8) is 0 Å². The van der Waals surface area contributed by atoms with E-state index in [0.29, 0.717) is 18.7 Å². The molecule has 0 fully saturated rings. The highest BCUT2D eigenvalue weighted by Crippen LogP contribution is 2.16. The van der Waals surface area contributed by atoms with Gasteiger partial charge in [0, 0.05) is 39.3 Å². The van der Waals surface area contributed by atoms with Crippen molar-refractivity contribution in [2.75, 3.05) is 26.0 Å². The zero-order valence-corrected chi connectivity index (χ0v) is 14.8. The monoisotopic (exact) mass is 344 g/mol. The smallest absolute Gasteiger partial charge is 0.319 e. The maximum absolute atomic E-state index is 12.1. The van der Waals surface area contributed by atoms with E-state index in [1.54, 1.807) is 26.5 Å². The van der Waals surface area contributed by atoms with Gasteiger partial charge in [0.1, 0.15) is 12.2 Å². The Balaban J connectivity index is 1.89. The van der Waals surface area contributed by atoms with E-state index in [1.807, 2.05) is 29.7 Å². The molecule has 2 aromatic rings. The third kappa shape index (κ3) is 5.30. The van der Waals surface area contributed by atoms with Gasteiger partial charge in [-0.05, 0) is 18.6 Å². The van der Waals surface area contributed by atoms with Crippen LogP contribution in [0, 0.1) is 0 Å². The summed E-state index contributed by atoms with van der Waals surface area (Å²) in [6, 6.07) is 6.97. The highest BCUT2D eigenvalue weighted by molar-refractivity contribution is 5.91. The molecule has 0 bridgehead atoms. The highest BCUT2D eigenvalue weighted by atomic mass is 16.2. The summed E-state index contributed by atoms with van der Waals surface area (Å²) < 4.78 is 1.93. The van der Waals surface area contributed by atoms with Gasteiger partial charge in [0.15, 0.2) is 0 Å². The SMILES string of the molecule is CCn1cnnc1CCNC(=O)Nc1ccccc1CC(=O)N(C)C. The van der Waals surface area contributed by atoms with Crippen LogP contribution in [0.4, 0.5) is 10.5 Å². The van der Waals surface area contributed by atoms with Crippen molar-refractivity contribution in [2.45, 2.75) is 26.3 Å². The number of aryl methyl sites for hydroxylation is 1. The zero-order chi connectivity index (χ0) is 18.2. The average Bonchev–Trinajstić information content (AvgIpc) is 3.04. The number of para-hydroxylation sites is 1. The molecule has 0 radical (unpaired) electrons. The molecule has 2 rings (SSSR count). The van der Waals surface area contributed by atoms with Gasteiger partial charge < -0.3 is 20.1 Å². The summed E-state index contributed by atoms with van der Waals surface area (Å²) in [6.07, 6.45) is 2.51. The first kappa shape index (κ1) is 18.4. The topological polar surface area (TPSA) is 92.1 Å². The van der Waals surface area contributed by atoms with Crippen molar-refractivity contribution in [3.05, 3.63) is 42.0 Å². The Bertz CT molecular complexity index is 725. The van der Waals surface area contributed by atoms with E-state index in [-0.39, 0.29) is 18.4 Å². The molecular formula is C17H24N6O2. The van der Waals surface area contributed by atoms with Crippen LogP contribution >= 0.6 is 0 Å². The molecule has 134 valence electrons. The van der Waals surface area contributed by atoms with Crippen LogP contribution in [0.15, 0.2) is 30.6 Å². The van der Waals surface area contributed by atoms with Crippen LogP contribution in [-0.4, -0.2) is 52.2 Å². The van der Waals surface area contributed by atoms with Gasteiger partial charge in [-0.3, -0.25) is 4.79 Å². The predicted octanol–water partition coefficient (Wildman–Crippen LogP) is 1.29. The second-order valence-electron chi connectivity index (χ2n) is 5.79. The summed E-state index contributed by atoms with van der Waals surface area (Å²) in [5, 5.41) is 13.5. The number of nitrogens with zero attached hydrogens (tertiary/aromatic N) is 4. The number of carbonyl (C=O) groups excluding carboxylic acids is 2. The van der Waals surface area contributed by atoms with Gasteiger partial charge in [0.25, 0.3) is 0 Å². The maximum Gasteiger partial charge on any atom is 0.319 e. The molecule has 8 nitrogen and oxygen atoms in total. The molecule has 25 heavy (non-hydrogen) atoms. The molecule has 1 heterocycles. The summed E-state index contributed by atoms with van der Waals surface area (Å²) in [6.45, 7) is 3.25. The third-order valence-electron chi connectivity index (χ3n) is 3.78. The summed E-state index contributed by atoms with van der Waals surface area (Å²) in [5.41, 5.74) is 1.41. The first-order chi connectivity index (χ1) is 12.0. The number of amides is 3. The number of nitrogens with one attached hydrogen (secondary N) is 2. The van der Waals surface area contributed by atoms with E-state index in [1.165, 1.54) is 4.90 Å². The van der Waals surface area contributed by atoms with Gasteiger partial charge in [-0.25, -0.2) is 4.79 Å². The predicted molar refractivity (Wildman–Crippen MR) is 95.3 cm³/mol. The second kappa shape index (κ2) is 8.81. The number of anilines is 1. The van der Waals surface area contributed by atoms with E-state index in [4.69, 9.17) is 0 Å². The minimum absolute atomic E-state index is 0.0199. The molecule has 0 atom stereocenters. The third-order valence-corrected chi connectivity index (χ3v) is 3.78. The van der Waals surface area contributed by atoms with E-state index < -0.39 is 0 Å². The average molecular weight is 344 g/mol. The van der Waals surface area contributed by atoms with Crippen LogP contribution in [0.2, 0.25) is 0 Å². The molecule has 0 aliphatic rings. The van der Waals surface area contributed by atoms with Crippen LogP contribution in [0.5, 0.6) is 0 Å². The van der Waals surface area contributed by atoms with Crippen LogP contribution in [0.1, 0.15) is 18.3 Å². The minimum atomic E-state index is -0.313. The number of likely N-dealkylation sites (N-methyl/N-ethyl adjacent to an activating group) is 1. The molecule has 0 aliphatic heterocycles. The number of aromatic nitrogens is 3. The van der Waals surface area contributed by atoms with Gasteiger partial charge in [-0.15, -0.1) is 10.2 Å². The lowest BCUT2D eigenvalue weighted by Gasteiger charge is -2.14. The summed E-state index contributed by atoms with van der Waals surface area (Å²) >= 11 is 0. The summed E-state index contributed by atoms with van der Waals surface area (Å²) in [5.74, 6) is 0.813. The van der Waals surface area contributed by atoms with E-state index >= 15 is 0 Å². The molecule has 8 heteroatoms. The van der Waals surface area contributed by atoms with Crippen molar-refractivity contribution in [1.29, 1.82) is 0 Å². The Morgan fingerprint density at radius 2 is 2.00 bits per heavy atom. The van der Waals surface area contributed by atoms with Crippen LogP contribution in [-0.2, 0) is 24.2 Å². The van der Waals surface area contributed by atoms with E-state index in [2.05, 4.69) is 20.8 Å². The number of hydrogen-bond acceptors (Lipinski definition) is 4. The van der Waals surface area contributed by atoms with E-state index in [9.17, 15) is 9.59 Å². The molecule has 3 amide bonds. The number of benzene rings is 1. The first-order valence-electron chi connectivity index (χ1n) is 8.20. The fourth-order valence-corrected chi connectivity index (χ4v) is 2.31. The number of carbonyl (C=O) groups is 2. The fraction of sp³-hybridized carbons (Fsp3) is 0.412. The van der Waals surface area contributed by atoms with Gasteiger partial charge in [-0.2, -0.15) is 0 Å². The van der Waals surface area contributed by atoms with Crippen LogP contribution in [0.3, 0.4) is 0 Å². The molecule has 0 aliphatic carbocycles. The standard InChI is InChI=1S/C17H24N6O2/c1-4-23-12-19-21-15(23)9-10-18-17(25)20-14-8-6-5-7-13(14)11-16(24)22(2)3/h5-8,12H,4,9-11H2,1-3H3,(H2,18,20,25). The number of urea groups is 1. The van der Waals surface area contributed by atoms with E-state index in [0.717, 1.165) is 17.9 Å². The highest BCUT2D eigenvalue weighted by Gasteiger charge is 2.11. The quantitative estimate of drug-likeness (QED) is 0.792. The normalized spacial score (nSPS) is 10.4. The lowest BCUT2D eigenvalue weighted by Crippen LogP contribution is -2.31. The van der Waals surface area contributed by atoms with Crippen molar-refractivity contribution in [1.82, 2.24) is 25.0 Å². The molecule has 0 saturated carbocycles. The van der Waals surface area contributed by atoms with Crippen molar-refractivity contribution in [2.24, 2.45) is 0 Å². The first-order valence-corrected chi connectivity index (χ1v) is 8.20. The van der Waals surface area contributed by atoms with Gasteiger partial charge in [-0.1, -0.05) is 18.2 Å². The molecule has 0 saturated heterocycles. The fourth-order valence-electron chi connectivity index (χ4n) is 2.31. The van der Waals surface area contributed by atoms with Gasteiger partial charge in [0.2, 0.25) is 5.91 Å². The number of hydrogen-bond donors (Lipinski definition) is 2. The molecule has 2 N–H and O–H groups in total. The zero-order valence-electron chi connectivity index (χ0n) is 14.8. The molecule has 0 unspecified atom stereocenters. The van der Waals surface area contributed by atoms with Crippen molar-refractivity contribution >= 4 is 17.6 Å². The van der Waals surface area contributed by atoms with Crippen LogP contribution in [0.25, 0.3) is 0 Å². The molecule has 1 aromatic heterocycles. The molecule has 0 spiro atoms. The Hall–Kier alpha value is -2.90. The van der Waals surface area contributed by atoms with Crippen LogP contribution < -0.4 is 10.6 Å². The maximum atomic E-state index is 12.1. The molecular weight excluding hydrogens is 320 g/mol. The largest absolute Gasteiger partial charge is 0.349 e. The lowest BCUT2D eigenvalue weighted by molar-refractivity contribution is -0.127.